The first kappa shape index (κ1) is 34.8. The number of carbonyl (C=O) groups is 2. The molecule has 2 heterocycles. The summed E-state index contributed by atoms with van der Waals surface area (Å²) in [4.78, 5) is 33.1. The van der Waals surface area contributed by atoms with Crippen molar-refractivity contribution in [3.63, 3.8) is 0 Å². The number of hydrogen-bond acceptors (Lipinski definition) is 7. The highest BCUT2D eigenvalue weighted by Gasteiger charge is 2.41. The monoisotopic (exact) mass is 675 g/mol. The standard InChI is InChI=1S/C33H40Cl3N5O4/c1-5-7-16-44-33(43)24(17-21(3)23-12-9-8-10-13-23)18-22(4)28(6-2)45-39-31-30(40-15-11-14-37-40)32(42)41(38-31)29-26(35)19-25(34)20-27(29)36/h8-15,19-22,24,28,30H,5-7,16-18H2,1-4H3,(H,38,39). The van der Waals surface area contributed by atoms with Crippen molar-refractivity contribution in [2.24, 2.45) is 16.9 Å². The van der Waals surface area contributed by atoms with E-state index in [4.69, 9.17) is 44.4 Å². The first-order chi connectivity index (χ1) is 21.6. The van der Waals surface area contributed by atoms with Crippen LogP contribution in [0.25, 0.3) is 0 Å². The second-order valence-electron chi connectivity index (χ2n) is 11.4. The van der Waals surface area contributed by atoms with Crippen LogP contribution in [0.3, 0.4) is 0 Å². The number of ether oxygens (including phenoxy) is 1. The van der Waals surface area contributed by atoms with Gasteiger partial charge in [0.1, 0.15) is 5.69 Å². The molecule has 0 bridgehead atoms. The van der Waals surface area contributed by atoms with Gasteiger partial charge < -0.3 is 4.74 Å². The lowest BCUT2D eigenvalue weighted by molar-refractivity contribution is -0.150. The maximum absolute atomic E-state index is 13.7. The van der Waals surface area contributed by atoms with Gasteiger partial charge >= 0.3 is 5.97 Å². The Bertz CT molecular complexity index is 1430. The fourth-order valence-corrected chi connectivity index (χ4v) is 6.47. The van der Waals surface area contributed by atoms with Crippen LogP contribution in [0.4, 0.5) is 5.69 Å². The van der Waals surface area contributed by atoms with Crippen LogP contribution in [0, 0.1) is 11.8 Å². The molecule has 12 heteroatoms. The van der Waals surface area contributed by atoms with Crippen molar-refractivity contribution < 1.29 is 19.2 Å². The number of hydrogen-bond donors (Lipinski definition) is 1. The van der Waals surface area contributed by atoms with Crippen molar-refractivity contribution in [3.05, 3.63) is 81.6 Å². The van der Waals surface area contributed by atoms with Crippen LogP contribution in [0.1, 0.15) is 77.3 Å². The van der Waals surface area contributed by atoms with Crippen LogP contribution in [-0.4, -0.2) is 40.2 Å². The zero-order valence-electron chi connectivity index (χ0n) is 26.0. The van der Waals surface area contributed by atoms with Gasteiger partial charge in [-0.3, -0.25) is 19.1 Å². The molecule has 45 heavy (non-hydrogen) atoms. The number of carbonyl (C=O) groups excluding carboxylic acids is 2. The molecule has 1 aliphatic rings. The van der Waals surface area contributed by atoms with Gasteiger partial charge in [-0.05, 0) is 61.3 Å². The van der Waals surface area contributed by atoms with Gasteiger partial charge in [-0.2, -0.15) is 10.1 Å². The van der Waals surface area contributed by atoms with E-state index in [1.165, 1.54) is 22.4 Å². The predicted molar refractivity (Wildman–Crippen MR) is 179 cm³/mol. The molecule has 4 rings (SSSR count). The van der Waals surface area contributed by atoms with Crippen molar-refractivity contribution in [2.75, 3.05) is 11.6 Å². The van der Waals surface area contributed by atoms with Crippen molar-refractivity contribution in [1.29, 1.82) is 0 Å². The van der Waals surface area contributed by atoms with Crippen LogP contribution >= 0.6 is 34.8 Å². The number of halogens is 3. The van der Waals surface area contributed by atoms with E-state index in [1.807, 2.05) is 25.1 Å². The van der Waals surface area contributed by atoms with Crippen LogP contribution in [0.2, 0.25) is 15.1 Å². The van der Waals surface area contributed by atoms with Crippen molar-refractivity contribution >= 4 is 58.2 Å². The molecule has 1 aliphatic heterocycles. The molecule has 1 amide bonds. The highest BCUT2D eigenvalue weighted by molar-refractivity contribution is 6.42. The zero-order valence-corrected chi connectivity index (χ0v) is 28.2. The number of hydroxylamine groups is 1. The molecular formula is C33H40Cl3N5O4. The topological polar surface area (TPSA) is 98.0 Å². The summed E-state index contributed by atoms with van der Waals surface area (Å²) in [6.45, 7) is 8.68. The smallest absolute Gasteiger partial charge is 0.308 e. The maximum Gasteiger partial charge on any atom is 0.308 e. The second kappa shape index (κ2) is 16.5. The molecular weight excluding hydrogens is 637 g/mol. The van der Waals surface area contributed by atoms with Gasteiger partial charge in [0.15, 0.2) is 11.9 Å². The number of anilines is 1. The van der Waals surface area contributed by atoms with E-state index in [0.29, 0.717) is 30.9 Å². The van der Waals surface area contributed by atoms with Crippen LogP contribution in [0.5, 0.6) is 0 Å². The molecule has 5 atom stereocenters. The van der Waals surface area contributed by atoms with Gasteiger partial charge in [0, 0.05) is 17.4 Å². The molecule has 2 aromatic carbocycles. The van der Waals surface area contributed by atoms with E-state index < -0.39 is 11.9 Å². The van der Waals surface area contributed by atoms with Crippen molar-refractivity contribution in [1.82, 2.24) is 15.3 Å². The summed E-state index contributed by atoms with van der Waals surface area (Å²) in [6.07, 6.45) is 6.57. The Labute approximate surface area is 279 Å². The van der Waals surface area contributed by atoms with Gasteiger partial charge in [0.2, 0.25) is 0 Å². The van der Waals surface area contributed by atoms with Gasteiger partial charge in [0.05, 0.1) is 28.7 Å². The normalized spacial score (nSPS) is 17.5. The number of nitrogens with zero attached hydrogens (tertiary/aromatic N) is 4. The molecule has 1 aromatic heterocycles. The Hall–Kier alpha value is -3.11. The third kappa shape index (κ3) is 8.79. The summed E-state index contributed by atoms with van der Waals surface area (Å²) in [5.74, 6) is -0.570. The molecule has 3 aromatic rings. The third-order valence-corrected chi connectivity index (χ3v) is 8.78. The molecule has 242 valence electrons. The Kier molecular flexibility index (Phi) is 12.7. The zero-order chi connectivity index (χ0) is 32.5. The SMILES string of the molecule is CCCCOC(=O)C(CC(C)c1ccccc1)CC(C)C(CC)ONC1=NN(c2c(Cl)cc(Cl)cc2Cl)C(=O)C1n1cccn1. The lowest BCUT2D eigenvalue weighted by Crippen LogP contribution is -2.39. The molecule has 0 fully saturated rings. The highest BCUT2D eigenvalue weighted by atomic mass is 35.5. The van der Waals surface area contributed by atoms with E-state index in [9.17, 15) is 9.59 Å². The maximum atomic E-state index is 13.7. The van der Waals surface area contributed by atoms with Gasteiger partial charge in [-0.1, -0.05) is 99.3 Å². The molecule has 0 aliphatic carbocycles. The fourth-order valence-electron chi connectivity index (χ4n) is 5.50. The summed E-state index contributed by atoms with van der Waals surface area (Å²) in [7, 11) is 0. The minimum absolute atomic E-state index is 0.0358. The molecule has 9 nitrogen and oxygen atoms in total. The summed E-state index contributed by atoms with van der Waals surface area (Å²) in [5.41, 5.74) is 4.33. The number of unbranched alkanes of at least 4 members (excludes halogenated alkanes) is 1. The van der Waals surface area contributed by atoms with Crippen molar-refractivity contribution in [3.8, 4) is 0 Å². The van der Waals surface area contributed by atoms with Crippen LogP contribution < -0.4 is 10.5 Å². The number of nitrogens with one attached hydrogen (secondary N) is 1. The van der Waals surface area contributed by atoms with Gasteiger partial charge in [-0.25, -0.2) is 5.48 Å². The number of benzene rings is 2. The summed E-state index contributed by atoms with van der Waals surface area (Å²) in [6, 6.07) is 13.9. The molecule has 0 saturated carbocycles. The van der Waals surface area contributed by atoms with E-state index in [0.717, 1.165) is 17.9 Å². The lowest BCUT2D eigenvalue weighted by Gasteiger charge is -2.28. The predicted octanol–water partition coefficient (Wildman–Crippen LogP) is 8.22. The molecule has 1 N–H and O–H groups in total. The lowest BCUT2D eigenvalue weighted by atomic mass is 9.83. The van der Waals surface area contributed by atoms with Gasteiger partial charge in [0.25, 0.3) is 5.91 Å². The quantitative estimate of drug-likeness (QED) is 0.0990. The van der Waals surface area contributed by atoms with E-state index >= 15 is 0 Å². The highest BCUT2D eigenvalue weighted by Crippen LogP contribution is 2.40. The Balaban J connectivity index is 1.51. The largest absolute Gasteiger partial charge is 0.465 e. The summed E-state index contributed by atoms with van der Waals surface area (Å²) >= 11 is 19.0. The number of aromatic nitrogens is 2. The Morgan fingerprint density at radius 3 is 2.38 bits per heavy atom. The molecule has 5 unspecified atom stereocenters. The van der Waals surface area contributed by atoms with E-state index in [2.05, 4.69) is 48.6 Å². The average molecular weight is 677 g/mol. The average Bonchev–Trinajstić information content (AvgIpc) is 3.65. The number of amidine groups is 1. The Morgan fingerprint density at radius 2 is 1.76 bits per heavy atom. The minimum atomic E-state index is -0.941. The molecule has 0 saturated heterocycles. The molecule has 0 radical (unpaired) electrons. The first-order valence-electron chi connectivity index (χ1n) is 15.3. The molecule has 0 spiro atoms. The second-order valence-corrected chi connectivity index (χ2v) is 12.6. The number of hydrazone groups is 1. The minimum Gasteiger partial charge on any atom is -0.465 e. The summed E-state index contributed by atoms with van der Waals surface area (Å²) < 4.78 is 7.17. The summed E-state index contributed by atoms with van der Waals surface area (Å²) in [5, 5.41) is 10.6. The van der Waals surface area contributed by atoms with Crippen LogP contribution in [0.15, 0.2) is 66.0 Å². The van der Waals surface area contributed by atoms with E-state index in [1.54, 1.807) is 18.5 Å². The van der Waals surface area contributed by atoms with Crippen molar-refractivity contribution in [2.45, 2.75) is 77.9 Å². The Morgan fingerprint density at radius 1 is 1.04 bits per heavy atom. The van der Waals surface area contributed by atoms with E-state index in [-0.39, 0.29) is 51.4 Å². The fraction of sp³-hybridized carbons (Fsp3) is 0.455. The number of amides is 1. The van der Waals surface area contributed by atoms with Crippen LogP contribution in [-0.2, 0) is 19.2 Å². The first-order valence-corrected chi connectivity index (χ1v) is 16.5. The van der Waals surface area contributed by atoms with Gasteiger partial charge in [-0.15, -0.1) is 5.10 Å². The number of esters is 1. The number of rotatable bonds is 15. The third-order valence-electron chi connectivity index (χ3n) is 7.98.